The molecule has 0 N–H and O–H groups in total. The lowest BCUT2D eigenvalue weighted by molar-refractivity contribution is -0.136. The third-order valence-corrected chi connectivity index (χ3v) is 8.33. The molecule has 2 aliphatic rings. The molecule has 5 rings (SSSR count). The molecule has 2 aromatic carbocycles. The lowest BCUT2D eigenvalue weighted by Gasteiger charge is -2.38. The molecule has 11 heteroatoms. The topological polar surface area (TPSA) is 93.8 Å². The first-order valence-corrected chi connectivity index (χ1v) is 14.4. The summed E-state index contributed by atoms with van der Waals surface area (Å²) in [6.07, 6.45) is 3.96. The van der Waals surface area contributed by atoms with Crippen LogP contribution in [0.3, 0.4) is 0 Å². The van der Waals surface area contributed by atoms with Crippen LogP contribution >= 0.6 is 23.2 Å². The Labute approximate surface area is 247 Å². The van der Waals surface area contributed by atoms with Gasteiger partial charge in [0.1, 0.15) is 6.54 Å². The van der Waals surface area contributed by atoms with Crippen LogP contribution < -0.4 is 11.2 Å². The van der Waals surface area contributed by atoms with Crippen molar-refractivity contribution in [1.29, 1.82) is 0 Å². The summed E-state index contributed by atoms with van der Waals surface area (Å²) in [5, 5.41) is 0.692. The molecule has 1 saturated heterocycles. The zero-order valence-electron chi connectivity index (χ0n) is 22.9. The maximum absolute atomic E-state index is 13.4. The molecule has 0 bridgehead atoms. The van der Waals surface area contributed by atoms with Crippen molar-refractivity contribution in [3.05, 3.63) is 90.7 Å². The lowest BCUT2D eigenvalue weighted by Crippen LogP contribution is -2.50. The van der Waals surface area contributed by atoms with E-state index in [-0.39, 0.29) is 43.1 Å². The quantitative estimate of drug-likeness (QED) is 0.416. The van der Waals surface area contributed by atoms with Crippen LogP contribution in [0.2, 0.25) is 10.0 Å². The summed E-state index contributed by atoms with van der Waals surface area (Å²) in [5.74, 6) is -0.106. The lowest BCUT2D eigenvalue weighted by atomic mass is 10.0. The van der Waals surface area contributed by atoms with Gasteiger partial charge in [-0.05, 0) is 54.2 Å². The first-order chi connectivity index (χ1) is 19.7. The van der Waals surface area contributed by atoms with E-state index in [0.29, 0.717) is 54.5 Å². The normalized spacial score (nSPS) is 16.0. The molecule has 1 fully saturated rings. The highest BCUT2D eigenvalue weighted by molar-refractivity contribution is 6.35. The fraction of sp³-hybridized carbons (Fsp3) is 0.400. The molecule has 41 heavy (non-hydrogen) atoms. The molecule has 0 atom stereocenters. The second-order valence-corrected chi connectivity index (χ2v) is 11.3. The van der Waals surface area contributed by atoms with Crippen LogP contribution in [-0.4, -0.2) is 70.1 Å². The predicted molar refractivity (Wildman–Crippen MR) is 157 cm³/mol. The zero-order chi connectivity index (χ0) is 29.1. The summed E-state index contributed by atoms with van der Waals surface area (Å²) < 4.78 is 7.42. The van der Waals surface area contributed by atoms with Crippen molar-refractivity contribution in [2.45, 2.75) is 44.8 Å². The number of halogens is 2. The van der Waals surface area contributed by atoms with Crippen molar-refractivity contribution in [2.75, 3.05) is 33.4 Å². The summed E-state index contributed by atoms with van der Waals surface area (Å²) in [7, 11) is 1.48. The summed E-state index contributed by atoms with van der Waals surface area (Å²) in [4.78, 5) is 56.6. The van der Waals surface area contributed by atoms with Crippen LogP contribution in [0.25, 0.3) is 11.1 Å². The monoisotopic (exact) mass is 598 g/mol. The van der Waals surface area contributed by atoms with E-state index >= 15 is 0 Å². The Kier molecular flexibility index (Phi) is 8.97. The Morgan fingerprint density at radius 2 is 1.66 bits per heavy atom. The molecule has 216 valence electrons. The minimum atomic E-state index is -0.595. The van der Waals surface area contributed by atoms with Crippen LogP contribution in [0.5, 0.6) is 0 Å². The van der Waals surface area contributed by atoms with Gasteiger partial charge >= 0.3 is 5.69 Å². The Bertz CT molecular complexity index is 1560. The summed E-state index contributed by atoms with van der Waals surface area (Å²) >= 11 is 12.4. The number of fused-ring (bicyclic) bond motifs is 1. The minimum Gasteiger partial charge on any atom is -0.383 e. The highest BCUT2D eigenvalue weighted by Gasteiger charge is 2.31. The van der Waals surface area contributed by atoms with Crippen molar-refractivity contribution in [2.24, 2.45) is 0 Å². The van der Waals surface area contributed by atoms with E-state index in [2.05, 4.69) is 6.07 Å². The number of hydrogen-bond acceptors (Lipinski definition) is 5. The molecule has 2 amide bonds. The van der Waals surface area contributed by atoms with Gasteiger partial charge in [0.15, 0.2) is 0 Å². The number of amides is 2. The minimum absolute atomic E-state index is 0.0314. The van der Waals surface area contributed by atoms with Gasteiger partial charge in [-0.25, -0.2) is 4.79 Å². The summed E-state index contributed by atoms with van der Waals surface area (Å²) in [6.45, 7) is 1.59. The predicted octanol–water partition coefficient (Wildman–Crippen LogP) is 3.25. The maximum Gasteiger partial charge on any atom is 0.331 e. The van der Waals surface area contributed by atoms with Crippen LogP contribution in [0.4, 0.5) is 0 Å². The first-order valence-electron chi connectivity index (χ1n) is 13.7. The second-order valence-electron chi connectivity index (χ2n) is 10.5. The van der Waals surface area contributed by atoms with Crippen molar-refractivity contribution < 1.29 is 14.3 Å². The first kappa shape index (κ1) is 29.1. The number of carbonyl (C=O) groups excluding carboxylic acids is 2. The zero-order valence-corrected chi connectivity index (χ0v) is 24.4. The van der Waals surface area contributed by atoms with Gasteiger partial charge in [-0.2, -0.15) is 0 Å². The second kappa shape index (κ2) is 12.6. The summed E-state index contributed by atoms with van der Waals surface area (Å²) in [6, 6.07) is 12.9. The largest absolute Gasteiger partial charge is 0.383 e. The van der Waals surface area contributed by atoms with Gasteiger partial charge in [-0.3, -0.25) is 23.5 Å². The molecule has 9 nitrogen and oxygen atoms in total. The summed E-state index contributed by atoms with van der Waals surface area (Å²) in [5.41, 5.74) is 1.85. The third-order valence-electron chi connectivity index (χ3n) is 7.90. The standard InChI is InChI=1S/C30H32Cl2N4O5/c1-41-13-12-36-29(39)26(22-14-23(31)17-24(32)15-22)18-34(30(36)40)19-28(38)33-9-7-25(8-10-33)35-11-6-20-4-2-3-5-21(20)16-27(35)37/h2-5,14-15,17-18,25H,6-13,16,19H2,1H3. The van der Waals surface area contributed by atoms with Crippen LogP contribution in [0.15, 0.2) is 58.3 Å². The van der Waals surface area contributed by atoms with Crippen molar-refractivity contribution in [3.63, 3.8) is 0 Å². The fourth-order valence-electron chi connectivity index (χ4n) is 5.72. The Morgan fingerprint density at radius 1 is 0.976 bits per heavy atom. The van der Waals surface area contributed by atoms with Crippen molar-refractivity contribution >= 4 is 35.0 Å². The van der Waals surface area contributed by atoms with Gasteiger partial charge in [-0.1, -0.05) is 47.5 Å². The third kappa shape index (κ3) is 6.42. The van der Waals surface area contributed by atoms with Gasteiger partial charge in [-0.15, -0.1) is 0 Å². The molecule has 0 radical (unpaired) electrons. The Hall–Kier alpha value is -3.40. The van der Waals surface area contributed by atoms with E-state index in [1.54, 1.807) is 23.1 Å². The number of benzene rings is 2. The average Bonchev–Trinajstić information content (AvgIpc) is 3.12. The van der Waals surface area contributed by atoms with E-state index in [1.165, 1.54) is 23.4 Å². The van der Waals surface area contributed by atoms with Gasteiger partial charge in [0.2, 0.25) is 11.8 Å². The molecule has 0 aliphatic carbocycles. The van der Waals surface area contributed by atoms with E-state index in [4.69, 9.17) is 27.9 Å². The molecule has 3 heterocycles. The van der Waals surface area contributed by atoms with Crippen molar-refractivity contribution in [3.8, 4) is 11.1 Å². The van der Waals surface area contributed by atoms with Crippen LogP contribution in [0.1, 0.15) is 24.0 Å². The number of methoxy groups -OCH3 is 1. The van der Waals surface area contributed by atoms with E-state index in [0.717, 1.165) is 16.6 Å². The average molecular weight is 600 g/mol. The van der Waals surface area contributed by atoms with Crippen molar-refractivity contribution in [1.82, 2.24) is 18.9 Å². The molecule has 1 aromatic heterocycles. The van der Waals surface area contributed by atoms with Gasteiger partial charge in [0, 0.05) is 49.0 Å². The van der Waals surface area contributed by atoms with E-state index < -0.39 is 11.2 Å². The van der Waals surface area contributed by atoms with Gasteiger partial charge < -0.3 is 14.5 Å². The number of piperidine rings is 1. The fourth-order valence-corrected chi connectivity index (χ4v) is 6.24. The number of carbonyl (C=O) groups is 2. The molecule has 0 unspecified atom stereocenters. The van der Waals surface area contributed by atoms with Crippen LogP contribution in [0, 0.1) is 0 Å². The van der Waals surface area contributed by atoms with Crippen LogP contribution in [-0.2, 0) is 40.3 Å². The van der Waals surface area contributed by atoms with E-state index in [9.17, 15) is 19.2 Å². The number of aromatic nitrogens is 2. The number of rotatable bonds is 7. The maximum atomic E-state index is 13.4. The highest BCUT2D eigenvalue weighted by Crippen LogP contribution is 2.26. The van der Waals surface area contributed by atoms with Gasteiger partial charge in [0.25, 0.3) is 5.56 Å². The molecular weight excluding hydrogens is 567 g/mol. The molecule has 3 aromatic rings. The Balaban J connectivity index is 1.31. The molecule has 0 saturated carbocycles. The number of hydrogen-bond donors (Lipinski definition) is 0. The number of likely N-dealkylation sites (tertiary alicyclic amines) is 1. The highest BCUT2D eigenvalue weighted by atomic mass is 35.5. The number of nitrogens with zero attached hydrogens (tertiary/aromatic N) is 4. The van der Waals surface area contributed by atoms with Gasteiger partial charge in [0.05, 0.1) is 25.1 Å². The molecule has 2 aliphatic heterocycles. The SMILES string of the molecule is COCCn1c(=O)c(-c2cc(Cl)cc(Cl)c2)cn(CC(=O)N2CCC(N3CCc4ccccc4CC3=O)CC2)c1=O. The Morgan fingerprint density at radius 3 is 2.34 bits per heavy atom. The molecule has 0 spiro atoms. The van der Waals surface area contributed by atoms with E-state index in [1.807, 2.05) is 23.1 Å². The smallest absolute Gasteiger partial charge is 0.331 e. The molecular formula is C30H32Cl2N4O5. The number of ether oxygens (including phenoxy) is 1.